The van der Waals surface area contributed by atoms with Crippen LogP contribution >= 0.6 is 0 Å². The third kappa shape index (κ3) is 5.15. The third-order valence-corrected chi connectivity index (χ3v) is 7.70. The lowest BCUT2D eigenvalue weighted by Gasteiger charge is -2.40. The van der Waals surface area contributed by atoms with Gasteiger partial charge < -0.3 is 10.2 Å². The van der Waals surface area contributed by atoms with E-state index in [9.17, 15) is 0 Å². The fraction of sp³-hybridized carbons (Fsp3) is 0.400. The van der Waals surface area contributed by atoms with Crippen LogP contribution in [0.15, 0.2) is 83.8 Å². The molecule has 0 bridgehead atoms. The molecular formula is C30H38N6. The van der Waals surface area contributed by atoms with E-state index in [2.05, 4.69) is 76.9 Å². The molecule has 3 aliphatic rings. The van der Waals surface area contributed by atoms with E-state index in [4.69, 9.17) is 10.8 Å². The highest BCUT2D eigenvalue weighted by molar-refractivity contribution is 5.98. The summed E-state index contributed by atoms with van der Waals surface area (Å²) in [6, 6.07) is 18.5. The average Bonchev–Trinajstić information content (AvgIpc) is 3.07. The number of amidine groups is 1. The molecule has 2 aliphatic heterocycles. The number of likely N-dealkylation sites (tertiary alicyclic amines) is 1. The Morgan fingerprint density at radius 1 is 0.944 bits per heavy atom. The van der Waals surface area contributed by atoms with E-state index >= 15 is 0 Å². The van der Waals surface area contributed by atoms with Crippen LogP contribution in [0.1, 0.15) is 53.9 Å². The number of guanidine groups is 1. The number of nitrogens with one attached hydrogen (secondary N) is 1. The molecule has 2 aromatic rings. The van der Waals surface area contributed by atoms with Gasteiger partial charge in [0.1, 0.15) is 12.0 Å². The van der Waals surface area contributed by atoms with Crippen LogP contribution in [0, 0.1) is 0 Å². The lowest BCUT2D eigenvalue weighted by molar-refractivity contribution is 0.222. The van der Waals surface area contributed by atoms with Gasteiger partial charge in [-0.25, -0.2) is 10.8 Å². The highest BCUT2D eigenvalue weighted by Gasteiger charge is 2.31. The first-order valence-electron chi connectivity index (χ1n) is 13.2. The summed E-state index contributed by atoms with van der Waals surface area (Å²) in [4.78, 5) is 11.8. The first-order chi connectivity index (χ1) is 17.7. The molecular weight excluding hydrogens is 444 g/mol. The molecule has 36 heavy (non-hydrogen) atoms. The number of nitrogens with two attached hydrogens (primary N) is 1. The average molecular weight is 483 g/mol. The Morgan fingerprint density at radius 2 is 1.58 bits per heavy atom. The summed E-state index contributed by atoms with van der Waals surface area (Å²) in [5, 5.41) is 5.64. The van der Waals surface area contributed by atoms with Crippen LogP contribution in [0.3, 0.4) is 0 Å². The number of benzene rings is 2. The maximum atomic E-state index is 6.46. The lowest BCUT2D eigenvalue weighted by Crippen LogP contribution is -2.57. The number of rotatable bonds is 7. The van der Waals surface area contributed by atoms with E-state index in [1.165, 1.54) is 22.3 Å². The summed E-state index contributed by atoms with van der Waals surface area (Å²) in [5.74, 6) is 8.46. The summed E-state index contributed by atoms with van der Waals surface area (Å²) in [6.45, 7) is 10.5. The van der Waals surface area contributed by atoms with E-state index in [-0.39, 0.29) is 6.17 Å². The van der Waals surface area contributed by atoms with Gasteiger partial charge in [0, 0.05) is 44.4 Å². The van der Waals surface area contributed by atoms with E-state index in [0.717, 1.165) is 57.1 Å². The van der Waals surface area contributed by atoms with Gasteiger partial charge in [-0.2, -0.15) is 4.99 Å². The maximum absolute atomic E-state index is 6.46. The molecule has 1 unspecified atom stereocenters. The Kier molecular flexibility index (Phi) is 7.63. The molecule has 0 saturated carbocycles. The fourth-order valence-corrected chi connectivity index (χ4v) is 5.77. The second-order valence-corrected chi connectivity index (χ2v) is 9.98. The minimum absolute atomic E-state index is 0.156. The van der Waals surface area contributed by atoms with Crippen LogP contribution in [-0.4, -0.2) is 53.5 Å². The van der Waals surface area contributed by atoms with E-state index in [0.29, 0.717) is 24.8 Å². The van der Waals surface area contributed by atoms with Crippen molar-refractivity contribution >= 4 is 11.8 Å². The topological polar surface area (TPSA) is 69.2 Å². The molecule has 0 aromatic heterocycles. The summed E-state index contributed by atoms with van der Waals surface area (Å²) in [7, 11) is 0. The minimum Gasteiger partial charge on any atom is -0.341 e. The summed E-state index contributed by atoms with van der Waals surface area (Å²) in [5.41, 5.74) is 5.93. The highest BCUT2D eigenvalue weighted by Crippen LogP contribution is 2.34. The zero-order valence-corrected chi connectivity index (χ0v) is 21.1. The summed E-state index contributed by atoms with van der Waals surface area (Å²) in [6.07, 6.45) is 9.24. The van der Waals surface area contributed by atoms with Crippen molar-refractivity contribution in [1.82, 2.24) is 15.2 Å². The standard InChI is InChI=1S/C30H38N6/c1-3-9-28-33-29(10-4-2)36(31)30(34-28)35-19-17-24(18-20-35)32-21-27-25-13-7-5-11-22(25)15-16-23-12-6-8-14-26(23)27/h3-8,11-14,24,27,29,32H,1-2,9-10,15-21,31H2. The first-order valence-corrected chi connectivity index (χ1v) is 13.2. The quantitative estimate of drug-likeness (QED) is 0.454. The smallest absolute Gasteiger partial charge is 0.219 e. The number of aliphatic imine (C=N–C) groups is 2. The Bertz CT molecular complexity index is 1100. The molecule has 6 nitrogen and oxygen atoms in total. The molecule has 1 atom stereocenters. The van der Waals surface area contributed by atoms with Crippen molar-refractivity contribution in [2.75, 3.05) is 19.6 Å². The second-order valence-electron chi connectivity index (χ2n) is 9.98. The van der Waals surface area contributed by atoms with Gasteiger partial charge in [-0.1, -0.05) is 60.7 Å². The Balaban J connectivity index is 1.25. The predicted octanol–water partition coefficient (Wildman–Crippen LogP) is 4.39. The second kappa shape index (κ2) is 11.2. The van der Waals surface area contributed by atoms with Gasteiger partial charge in [0.25, 0.3) is 0 Å². The van der Waals surface area contributed by atoms with Crippen LogP contribution in [0.5, 0.6) is 0 Å². The van der Waals surface area contributed by atoms with Crippen LogP contribution in [0.4, 0.5) is 0 Å². The molecule has 0 amide bonds. The molecule has 6 heteroatoms. The number of fused-ring (bicyclic) bond motifs is 2. The van der Waals surface area contributed by atoms with Gasteiger partial charge >= 0.3 is 0 Å². The van der Waals surface area contributed by atoms with Gasteiger partial charge in [0.15, 0.2) is 0 Å². The van der Waals surface area contributed by atoms with E-state index < -0.39 is 0 Å². The van der Waals surface area contributed by atoms with Gasteiger partial charge in [-0.05, 0) is 47.9 Å². The monoisotopic (exact) mass is 482 g/mol. The van der Waals surface area contributed by atoms with Crippen LogP contribution < -0.4 is 11.2 Å². The number of piperidine rings is 1. The third-order valence-electron chi connectivity index (χ3n) is 7.70. The molecule has 1 saturated heterocycles. The van der Waals surface area contributed by atoms with Crippen molar-refractivity contribution in [2.45, 2.75) is 56.7 Å². The zero-order valence-electron chi connectivity index (χ0n) is 21.1. The predicted molar refractivity (Wildman–Crippen MR) is 149 cm³/mol. The molecule has 5 rings (SSSR count). The Hall–Kier alpha value is -3.22. The molecule has 1 aliphatic carbocycles. The summed E-state index contributed by atoms with van der Waals surface area (Å²) < 4.78 is 0. The van der Waals surface area contributed by atoms with E-state index in [1.54, 1.807) is 5.01 Å². The molecule has 2 heterocycles. The van der Waals surface area contributed by atoms with Gasteiger partial charge in [0.2, 0.25) is 5.96 Å². The van der Waals surface area contributed by atoms with Crippen LogP contribution in [0.2, 0.25) is 0 Å². The molecule has 0 radical (unpaired) electrons. The number of hydrogen-bond donors (Lipinski definition) is 2. The van der Waals surface area contributed by atoms with Crippen molar-refractivity contribution in [3.63, 3.8) is 0 Å². The van der Waals surface area contributed by atoms with Crippen molar-refractivity contribution in [2.24, 2.45) is 15.8 Å². The highest BCUT2D eigenvalue weighted by atomic mass is 15.6. The molecule has 188 valence electrons. The minimum atomic E-state index is -0.156. The zero-order chi connectivity index (χ0) is 24.9. The summed E-state index contributed by atoms with van der Waals surface area (Å²) >= 11 is 0. The number of hydrazine groups is 1. The Labute approximate surface area is 215 Å². The van der Waals surface area contributed by atoms with Crippen molar-refractivity contribution < 1.29 is 0 Å². The number of nitrogens with zero attached hydrogens (tertiary/aromatic N) is 4. The van der Waals surface area contributed by atoms with Gasteiger partial charge in [-0.15, -0.1) is 13.2 Å². The Morgan fingerprint density at radius 3 is 2.19 bits per heavy atom. The molecule has 3 N–H and O–H groups in total. The van der Waals surface area contributed by atoms with Crippen molar-refractivity contribution in [1.29, 1.82) is 0 Å². The largest absolute Gasteiger partial charge is 0.341 e. The van der Waals surface area contributed by atoms with E-state index in [1.807, 2.05) is 12.2 Å². The first kappa shape index (κ1) is 24.5. The molecule has 0 spiro atoms. The fourth-order valence-electron chi connectivity index (χ4n) is 5.77. The maximum Gasteiger partial charge on any atom is 0.219 e. The normalized spacial score (nSPS) is 20.6. The SMILES string of the molecule is C=CCC1=NC(CC=C)N(N)C(N2CCC(NCC3c4ccccc4CCc4ccccc43)CC2)=N1. The van der Waals surface area contributed by atoms with Crippen LogP contribution in [0.25, 0.3) is 0 Å². The van der Waals surface area contributed by atoms with Crippen LogP contribution in [-0.2, 0) is 12.8 Å². The number of hydrogen-bond acceptors (Lipinski definition) is 6. The molecule has 2 aromatic carbocycles. The van der Waals surface area contributed by atoms with Crippen molar-refractivity contribution in [3.8, 4) is 0 Å². The lowest BCUT2D eigenvalue weighted by atomic mass is 9.87. The van der Waals surface area contributed by atoms with Gasteiger partial charge in [0.05, 0.1) is 0 Å². The molecule has 1 fully saturated rings. The number of aryl methyl sites for hydroxylation is 2. The van der Waals surface area contributed by atoms with Gasteiger partial charge in [-0.3, -0.25) is 5.01 Å². The van der Waals surface area contributed by atoms with Crippen molar-refractivity contribution in [3.05, 3.63) is 96.1 Å².